The van der Waals surface area contributed by atoms with Crippen LogP contribution in [-0.2, 0) is 16.4 Å². The predicted octanol–water partition coefficient (Wildman–Crippen LogP) is 1.01. The molecule has 0 saturated carbocycles. The molecular weight excluding hydrogens is 188 g/mol. The third kappa shape index (κ3) is 1.91. The molecule has 0 aliphatic carbocycles. The zero-order valence-corrected chi connectivity index (χ0v) is 8.93. The van der Waals surface area contributed by atoms with Crippen molar-refractivity contribution in [2.45, 2.75) is 32.5 Å². The first-order chi connectivity index (χ1) is 6.01. The molecule has 0 spiro atoms. The fourth-order valence-electron chi connectivity index (χ4n) is 1.13. The summed E-state index contributed by atoms with van der Waals surface area (Å²) in [6.45, 7) is 5.95. The van der Waals surface area contributed by atoms with Gasteiger partial charge in [0.1, 0.15) is 0 Å². The molecule has 1 aromatic heterocycles. The molecular formula is C8H14N2O2S. The van der Waals surface area contributed by atoms with Crippen molar-refractivity contribution in [3.05, 3.63) is 11.9 Å². The summed E-state index contributed by atoms with van der Waals surface area (Å²) in [7, 11) is -3.17. The molecule has 0 saturated heterocycles. The summed E-state index contributed by atoms with van der Waals surface area (Å²) in [6.07, 6.45) is 1.75. The van der Waals surface area contributed by atoms with Crippen LogP contribution in [-0.4, -0.2) is 23.7 Å². The molecule has 0 aromatic carbocycles. The Morgan fingerprint density at radius 1 is 1.46 bits per heavy atom. The number of nitrogens with zero attached hydrogens (tertiary/aromatic N) is 2. The molecule has 0 atom stereocenters. The van der Waals surface area contributed by atoms with E-state index in [-0.39, 0.29) is 10.9 Å². The van der Waals surface area contributed by atoms with Crippen LogP contribution in [0.25, 0.3) is 0 Å². The Labute approximate surface area is 78.5 Å². The monoisotopic (exact) mass is 202 g/mol. The molecule has 74 valence electrons. The Morgan fingerprint density at radius 2 is 2.08 bits per heavy atom. The summed E-state index contributed by atoms with van der Waals surface area (Å²) in [5, 5.41) is 0.190. The Morgan fingerprint density at radius 3 is 2.54 bits per heavy atom. The van der Waals surface area contributed by atoms with Gasteiger partial charge in [-0.2, -0.15) is 0 Å². The highest BCUT2D eigenvalue weighted by molar-refractivity contribution is 7.91. The molecule has 4 nitrogen and oxygen atoms in total. The van der Waals surface area contributed by atoms with Gasteiger partial charge in [0.25, 0.3) is 0 Å². The molecule has 1 rings (SSSR count). The van der Waals surface area contributed by atoms with E-state index in [9.17, 15) is 8.42 Å². The van der Waals surface area contributed by atoms with Gasteiger partial charge in [0.15, 0.2) is 0 Å². The number of rotatable bonds is 3. The summed E-state index contributed by atoms with van der Waals surface area (Å²) in [5.41, 5.74) is 0.744. The normalized spacial score (nSPS) is 11.9. The number of imidazole rings is 1. The Bertz CT molecular complexity index is 392. The van der Waals surface area contributed by atoms with Crippen LogP contribution in [0.1, 0.15) is 19.5 Å². The average Bonchev–Trinajstić information content (AvgIpc) is 2.47. The fourth-order valence-corrected chi connectivity index (χ4v) is 2.21. The molecule has 13 heavy (non-hydrogen) atoms. The summed E-state index contributed by atoms with van der Waals surface area (Å²) in [5.74, 6) is 0.101. The lowest BCUT2D eigenvalue weighted by Gasteiger charge is -2.02. The Kier molecular flexibility index (Phi) is 2.75. The van der Waals surface area contributed by atoms with Crippen molar-refractivity contribution in [2.24, 2.45) is 0 Å². The van der Waals surface area contributed by atoms with Crippen LogP contribution >= 0.6 is 0 Å². The van der Waals surface area contributed by atoms with Crippen molar-refractivity contribution in [1.82, 2.24) is 9.55 Å². The van der Waals surface area contributed by atoms with Gasteiger partial charge in [0, 0.05) is 12.7 Å². The minimum atomic E-state index is -3.17. The van der Waals surface area contributed by atoms with Crippen LogP contribution in [0.2, 0.25) is 0 Å². The molecule has 0 aliphatic rings. The van der Waals surface area contributed by atoms with Crippen LogP contribution in [0, 0.1) is 6.92 Å². The SMILES string of the molecule is CCn1cc(C)nc1S(=O)(=O)CC. The average molecular weight is 202 g/mol. The minimum absolute atomic E-state index is 0.101. The molecule has 0 N–H and O–H groups in total. The van der Waals surface area contributed by atoms with E-state index in [1.54, 1.807) is 24.6 Å². The summed E-state index contributed by atoms with van der Waals surface area (Å²) in [4.78, 5) is 4.00. The number of aromatic nitrogens is 2. The largest absolute Gasteiger partial charge is 0.322 e. The molecule has 1 heterocycles. The highest BCUT2D eigenvalue weighted by atomic mass is 32.2. The smallest absolute Gasteiger partial charge is 0.227 e. The lowest BCUT2D eigenvalue weighted by atomic mass is 10.6. The van der Waals surface area contributed by atoms with E-state index in [0.717, 1.165) is 5.69 Å². The fraction of sp³-hybridized carbons (Fsp3) is 0.625. The molecule has 0 aliphatic heterocycles. The number of hydrogen-bond donors (Lipinski definition) is 0. The van der Waals surface area contributed by atoms with Crippen LogP contribution in [0.5, 0.6) is 0 Å². The van der Waals surface area contributed by atoms with E-state index in [1.165, 1.54) is 0 Å². The van der Waals surface area contributed by atoms with Crippen molar-refractivity contribution in [1.29, 1.82) is 0 Å². The number of sulfone groups is 1. The topological polar surface area (TPSA) is 52.0 Å². The first-order valence-corrected chi connectivity index (χ1v) is 5.93. The summed E-state index contributed by atoms with van der Waals surface area (Å²) < 4.78 is 24.7. The molecule has 0 amide bonds. The zero-order chi connectivity index (χ0) is 10.1. The van der Waals surface area contributed by atoms with Crippen LogP contribution < -0.4 is 0 Å². The van der Waals surface area contributed by atoms with Crippen molar-refractivity contribution >= 4 is 9.84 Å². The van der Waals surface area contributed by atoms with E-state index in [4.69, 9.17) is 0 Å². The first kappa shape index (κ1) is 10.2. The van der Waals surface area contributed by atoms with E-state index in [2.05, 4.69) is 4.98 Å². The maximum absolute atomic E-state index is 11.5. The van der Waals surface area contributed by atoms with Gasteiger partial charge < -0.3 is 4.57 Å². The summed E-state index contributed by atoms with van der Waals surface area (Å²) >= 11 is 0. The van der Waals surface area contributed by atoms with Crippen LogP contribution in [0.3, 0.4) is 0 Å². The molecule has 0 bridgehead atoms. The molecule has 0 radical (unpaired) electrons. The summed E-state index contributed by atoms with van der Waals surface area (Å²) in [6, 6.07) is 0. The lowest BCUT2D eigenvalue weighted by Crippen LogP contribution is -2.11. The van der Waals surface area contributed by atoms with Crippen molar-refractivity contribution in [2.75, 3.05) is 5.75 Å². The van der Waals surface area contributed by atoms with E-state index in [1.807, 2.05) is 6.92 Å². The van der Waals surface area contributed by atoms with Gasteiger partial charge in [-0.3, -0.25) is 0 Å². The second-order valence-electron chi connectivity index (χ2n) is 2.85. The predicted molar refractivity (Wildman–Crippen MR) is 50.4 cm³/mol. The van der Waals surface area contributed by atoms with Gasteiger partial charge in [-0.15, -0.1) is 0 Å². The third-order valence-corrected chi connectivity index (χ3v) is 3.50. The third-order valence-electron chi connectivity index (χ3n) is 1.86. The quantitative estimate of drug-likeness (QED) is 0.735. The maximum atomic E-state index is 11.5. The van der Waals surface area contributed by atoms with E-state index in [0.29, 0.717) is 6.54 Å². The second-order valence-corrected chi connectivity index (χ2v) is 5.03. The van der Waals surface area contributed by atoms with Crippen LogP contribution in [0.15, 0.2) is 11.4 Å². The molecule has 0 fully saturated rings. The molecule has 0 unspecified atom stereocenters. The van der Waals surface area contributed by atoms with Gasteiger partial charge in [-0.25, -0.2) is 13.4 Å². The lowest BCUT2D eigenvalue weighted by molar-refractivity contribution is 0.570. The number of hydrogen-bond acceptors (Lipinski definition) is 3. The standard InChI is InChI=1S/C8H14N2O2S/c1-4-10-6-7(3)9-8(10)13(11,12)5-2/h6H,4-5H2,1-3H3. The van der Waals surface area contributed by atoms with Gasteiger partial charge >= 0.3 is 0 Å². The van der Waals surface area contributed by atoms with Gasteiger partial charge in [0.2, 0.25) is 15.0 Å². The highest BCUT2D eigenvalue weighted by Gasteiger charge is 2.18. The Balaban J connectivity index is 3.29. The van der Waals surface area contributed by atoms with Gasteiger partial charge in [-0.1, -0.05) is 6.92 Å². The van der Waals surface area contributed by atoms with Crippen molar-refractivity contribution in [3.63, 3.8) is 0 Å². The van der Waals surface area contributed by atoms with Crippen molar-refractivity contribution < 1.29 is 8.42 Å². The van der Waals surface area contributed by atoms with Gasteiger partial charge in [0.05, 0.1) is 11.4 Å². The van der Waals surface area contributed by atoms with Crippen LogP contribution in [0.4, 0.5) is 0 Å². The van der Waals surface area contributed by atoms with E-state index < -0.39 is 9.84 Å². The van der Waals surface area contributed by atoms with Crippen molar-refractivity contribution in [3.8, 4) is 0 Å². The zero-order valence-electron chi connectivity index (χ0n) is 8.11. The Hall–Kier alpha value is -0.840. The highest BCUT2D eigenvalue weighted by Crippen LogP contribution is 2.10. The molecule has 5 heteroatoms. The van der Waals surface area contributed by atoms with E-state index >= 15 is 0 Å². The second kappa shape index (κ2) is 3.49. The molecule has 1 aromatic rings. The minimum Gasteiger partial charge on any atom is -0.322 e. The number of aryl methyl sites for hydroxylation is 2. The first-order valence-electron chi connectivity index (χ1n) is 4.27. The van der Waals surface area contributed by atoms with Gasteiger partial charge in [-0.05, 0) is 13.8 Å². The maximum Gasteiger partial charge on any atom is 0.227 e.